The number of carbonyl (C=O) groups excluding carboxylic acids is 2. The van der Waals surface area contributed by atoms with Crippen molar-refractivity contribution in [3.05, 3.63) is 23.2 Å². The number of nitrogens with one attached hydrogen (secondary N) is 2. The second-order valence-corrected chi connectivity index (χ2v) is 5.42. The monoisotopic (exact) mass is 311 g/mol. The molecule has 21 heavy (non-hydrogen) atoms. The van der Waals surface area contributed by atoms with Crippen LogP contribution in [0.4, 0.5) is 11.4 Å². The zero-order valence-corrected chi connectivity index (χ0v) is 12.5. The number of hydrogen-bond acceptors (Lipinski definition) is 4. The Morgan fingerprint density at radius 3 is 2.81 bits per heavy atom. The lowest BCUT2D eigenvalue weighted by molar-refractivity contribution is -0.121. The fourth-order valence-corrected chi connectivity index (χ4v) is 2.12. The average Bonchev–Trinajstić information content (AvgIpc) is 2.90. The predicted molar refractivity (Wildman–Crippen MR) is 81.4 cm³/mol. The molecule has 2 rings (SSSR count). The van der Waals surface area contributed by atoms with E-state index in [4.69, 9.17) is 22.1 Å². The predicted octanol–water partition coefficient (Wildman–Crippen LogP) is 1.74. The van der Waals surface area contributed by atoms with Gasteiger partial charge in [-0.2, -0.15) is 0 Å². The molecule has 0 radical (unpaired) electrons. The highest BCUT2D eigenvalue weighted by Crippen LogP contribution is 2.27. The summed E-state index contributed by atoms with van der Waals surface area (Å²) >= 11 is 6.06. The fraction of sp³-hybridized carbons (Fsp3) is 0.429. The molecule has 0 aromatic heterocycles. The molecule has 4 N–H and O–H groups in total. The molecular weight excluding hydrogens is 294 g/mol. The molecule has 0 bridgehead atoms. The van der Waals surface area contributed by atoms with Crippen LogP contribution in [0.25, 0.3) is 0 Å². The minimum Gasteiger partial charge on any atom is -0.379 e. The summed E-state index contributed by atoms with van der Waals surface area (Å²) < 4.78 is 5.16. The molecule has 0 saturated carbocycles. The number of halogens is 1. The molecule has 1 aliphatic rings. The van der Waals surface area contributed by atoms with Gasteiger partial charge in [-0.1, -0.05) is 18.5 Å². The van der Waals surface area contributed by atoms with Crippen molar-refractivity contribution in [3.8, 4) is 0 Å². The van der Waals surface area contributed by atoms with Gasteiger partial charge in [-0.05, 0) is 24.6 Å². The lowest BCUT2D eigenvalue weighted by atomic mass is 9.99. The first kappa shape index (κ1) is 15.8. The first-order valence-electron chi connectivity index (χ1n) is 6.72. The zero-order valence-electron chi connectivity index (χ0n) is 11.7. The van der Waals surface area contributed by atoms with Crippen LogP contribution in [-0.4, -0.2) is 30.6 Å². The number of anilines is 2. The minimum absolute atomic E-state index is 0.117. The average molecular weight is 312 g/mol. The number of nitrogens with two attached hydrogens (primary N) is 1. The number of amides is 2. The summed E-state index contributed by atoms with van der Waals surface area (Å²) in [5.74, 6) is -0.463. The van der Waals surface area contributed by atoms with E-state index in [1.807, 2.05) is 0 Å². The van der Waals surface area contributed by atoms with Crippen LogP contribution in [0.5, 0.6) is 0 Å². The molecule has 1 fully saturated rings. The number of carbonyl (C=O) groups is 2. The van der Waals surface area contributed by atoms with Crippen molar-refractivity contribution in [3.63, 3.8) is 0 Å². The van der Waals surface area contributed by atoms with Gasteiger partial charge in [-0.3, -0.25) is 9.59 Å². The summed E-state index contributed by atoms with van der Waals surface area (Å²) in [6.07, 6.45) is 0.830. The van der Waals surface area contributed by atoms with Crippen molar-refractivity contribution in [1.82, 2.24) is 0 Å². The fourth-order valence-electron chi connectivity index (χ4n) is 1.95. The third kappa shape index (κ3) is 3.72. The molecule has 0 spiro atoms. The Labute approximate surface area is 128 Å². The van der Waals surface area contributed by atoms with Crippen molar-refractivity contribution in [2.24, 2.45) is 5.73 Å². The van der Waals surface area contributed by atoms with Crippen LogP contribution in [0.1, 0.15) is 19.8 Å². The van der Waals surface area contributed by atoms with E-state index in [0.717, 1.165) is 0 Å². The lowest BCUT2D eigenvalue weighted by Gasteiger charge is -2.21. The maximum atomic E-state index is 12.2. The van der Waals surface area contributed by atoms with E-state index >= 15 is 0 Å². The Morgan fingerprint density at radius 1 is 1.43 bits per heavy atom. The maximum absolute atomic E-state index is 12.2. The number of rotatable bonds is 4. The summed E-state index contributed by atoms with van der Waals surface area (Å²) in [7, 11) is 0. The summed E-state index contributed by atoms with van der Waals surface area (Å²) in [5.41, 5.74) is 5.93. The molecule has 0 aliphatic carbocycles. The highest BCUT2D eigenvalue weighted by molar-refractivity contribution is 6.34. The molecular formula is C14H18ClN3O3. The molecule has 1 unspecified atom stereocenters. The summed E-state index contributed by atoms with van der Waals surface area (Å²) in [4.78, 5) is 23.6. The van der Waals surface area contributed by atoms with Gasteiger partial charge in [0.15, 0.2) is 0 Å². The van der Waals surface area contributed by atoms with Crippen molar-refractivity contribution in [2.45, 2.75) is 25.3 Å². The second kappa shape index (κ2) is 6.43. The van der Waals surface area contributed by atoms with Gasteiger partial charge in [0.1, 0.15) is 5.54 Å². The Kier molecular flexibility index (Phi) is 4.82. The van der Waals surface area contributed by atoms with Gasteiger partial charge in [0, 0.05) is 18.7 Å². The van der Waals surface area contributed by atoms with E-state index in [9.17, 15) is 9.59 Å². The molecule has 1 saturated heterocycles. The summed E-state index contributed by atoms with van der Waals surface area (Å²) in [5, 5.41) is 5.78. The van der Waals surface area contributed by atoms with Gasteiger partial charge < -0.3 is 21.1 Å². The van der Waals surface area contributed by atoms with Crippen LogP contribution in [0, 0.1) is 0 Å². The Bertz CT molecular complexity index is 556. The topological polar surface area (TPSA) is 93.5 Å². The van der Waals surface area contributed by atoms with Crippen LogP contribution in [0.15, 0.2) is 18.2 Å². The molecule has 6 nitrogen and oxygen atoms in total. The normalized spacial score (nSPS) is 21.1. The van der Waals surface area contributed by atoms with E-state index in [2.05, 4.69) is 10.6 Å². The van der Waals surface area contributed by atoms with E-state index in [-0.39, 0.29) is 18.4 Å². The van der Waals surface area contributed by atoms with Crippen molar-refractivity contribution < 1.29 is 14.3 Å². The van der Waals surface area contributed by atoms with Crippen LogP contribution in [0.2, 0.25) is 5.02 Å². The van der Waals surface area contributed by atoms with Crippen molar-refractivity contribution in [2.75, 3.05) is 23.8 Å². The smallest absolute Gasteiger partial charge is 0.246 e. The Hall–Kier alpha value is -1.63. The second-order valence-electron chi connectivity index (χ2n) is 5.01. The Balaban J connectivity index is 2.13. The van der Waals surface area contributed by atoms with Gasteiger partial charge in [0.2, 0.25) is 11.8 Å². The highest BCUT2D eigenvalue weighted by Gasteiger charge is 2.38. The van der Waals surface area contributed by atoms with Gasteiger partial charge in [-0.25, -0.2) is 0 Å². The van der Waals surface area contributed by atoms with E-state index in [1.54, 1.807) is 25.1 Å². The zero-order chi connectivity index (χ0) is 15.5. The minimum atomic E-state index is -1.04. The first-order valence-corrected chi connectivity index (χ1v) is 7.10. The SMILES string of the molecule is CCC(=O)Nc1ccc(Cl)c(NC(=O)C2(N)CCOC2)c1. The molecule has 1 aliphatic heterocycles. The van der Waals surface area contributed by atoms with Crippen LogP contribution in [0.3, 0.4) is 0 Å². The van der Waals surface area contributed by atoms with Crippen molar-refractivity contribution in [1.29, 1.82) is 0 Å². The van der Waals surface area contributed by atoms with E-state index < -0.39 is 5.54 Å². The Morgan fingerprint density at radius 2 is 2.19 bits per heavy atom. The van der Waals surface area contributed by atoms with Crippen LogP contribution >= 0.6 is 11.6 Å². The molecule has 114 valence electrons. The van der Waals surface area contributed by atoms with Gasteiger partial charge >= 0.3 is 0 Å². The lowest BCUT2D eigenvalue weighted by Crippen LogP contribution is -2.51. The third-order valence-electron chi connectivity index (χ3n) is 3.32. The van der Waals surface area contributed by atoms with Gasteiger partial charge in [0.05, 0.1) is 17.3 Å². The first-order chi connectivity index (χ1) is 9.94. The highest BCUT2D eigenvalue weighted by atomic mass is 35.5. The molecule has 1 aromatic carbocycles. The maximum Gasteiger partial charge on any atom is 0.246 e. The number of benzene rings is 1. The van der Waals surface area contributed by atoms with E-state index in [1.165, 1.54) is 0 Å². The number of hydrogen-bond donors (Lipinski definition) is 3. The standard InChI is InChI=1S/C14H18ClN3O3/c1-2-12(19)17-9-3-4-10(15)11(7-9)18-13(20)14(16)5-6-21-8-14/h3-4,7H,2,5-6,8,16H2,1H3,(H,17,19)(H,18,20). The largest absolute Gasteiger partial charge is 0.379 e. The van der Waals surface area contributed by atoms with Gasteiger partial charge in [0.25, 0.3) is 0 Å². The van der Waals surface area contributed by atoms with Crippen LogP contribution in [-0.2, 0) is 14.3 Å². The number of ether oxygens (including phenoxy) is 1. The molecule has 2 amide bonds. The quantitative estimate of drug-likeness (QED) is 0.789. The summed E-state index contributed by atoms with van der Waals surface area (Å²) in [6.45, 7) is 2.40. The molecule has 1 heterocycles. The van der Waals surface area contributed by atoms with Crippen LogP contribution < -0.4 is 16.4 Å². The summed E-state index contributed by atoms with van der Waals surface area (Å²) in [6, 6.07) is 4.88. The van der Waals surface area contributed by atoms with E-state index in [0.29, 0.717) is 35.8 Å². The third-order valence-corrected chi connectivity index (χ3v) is 3.65. The molecule has 1 atom stereocenters. The molecule has 7 heteroatoms. The molecule has 1 aromatic rings. The van der Waals surface area contributed by atoms with Crippen molar-refractivity contribution >= 4 is 34.8 Å². The van der Waals surface area contributed by atoms with Gasteiger partial charge in [-0.15, -0.1) is 0 Å².